The van der Waals surface area contributed by atoms with Crippen LogP contribution in [0.1, 0.15) is 0 Å². The summed E-state index contributed by atoms with van der Waals surface area (Å²) < 4.78 is 0. The fraction of sp³-hybridized carbons (Fsp3) is 0.458. The number of benzene rings is 1. The fourth-order valence-electron chi connectivity index (χ4n) is 3.85. The minimum absolute atomic E-state index is 0. The number of carbonyl (C=O) groups excluding carboxylic acids is 1. The van der Waals surface area contributed by atoms with Crippen LogP contribution in [0.15, 0.2) is 42.7 Å². The van der Waals surface area contributed by atoms with Gasteiger partial charge in [0.15, 0.2) is 0 Å². The van der Waals surface area contributed by atoms with E-state index in [1.54, 1.807) is 40.1 Å². The topological polar surface area (TPSA) is 182 Å². The van der Waals surface area contributed by atoms with Gasteiger partial charge in [-0.25, -0.2) is 0 Å². The molecule has 0 bridgehead atoms. The van der Waals surface area contributed by atoms with Crippen LogP contribution in [0, 0.1) is 39.9 Å². The summed E-state index contributed by atoms with van der Waals surface area (Å²) in [6.07, 6.45) is 2.91. The van der Waals surface area contributed by atoms with Gasteiger partial charge in [0.25, 0.3) is 0 Å². The maximum Gasteiger partial charge on any atom is 0.323 e. The van der Waals surface area contributed by atoms with Crippen molar-refractivity contribution in [2.24, 2.45) is 0 Å². The van der Waals surface area contributed by atoms with E-state index < -0.39 is 36.3 Å². The van der Waals surface area contributed by atoms with Crippen molar-refractivity contribution in [1.82, 2.24) is 19.6 Å². The average molecular weight is 693 g/mol. The number of anilines is 1. The standard InChI is InChI=1S/C24H33N5O9.Gd/c30-20(29(18-24(37)38)19-4-2-1-3-5-19)14-25-6-8-26(15-21(31)32)10-12-28(17-23(35)36)13-11-27(9-7-25)16-22(33)34;/h1-5,10,12H,6-9,11,13-18H2,(H,31,32)(H,33,34)(H,35,36)(H,37,38);/b12-10-;. The van der Waals surface area contributed by atoms with Crippen LogP contribution in [0.25, 0.3) is 0 Å². The van der Waals surface area contributed by atoms with Gasteiger partial charge >= 0.3 is 23.9 Å². The zero-order valence-electron chi connectivity index (χ0n) is 21.2. The smallest absolute Gasteiger partial charge is 0.323 e. The summed E-state index contributed by atoms with van der Waals surface area (Å²) in [6.45, 7) is -0.515. The molecule has 0 atom stereocenters. The van der Waals surface area contributed by atoms with Crippen LogP contribution in [0.3, 0.4) is 0 Å². The molecule has 14 nitrogen and oxygen atoms in total. The normalized spacial score (nSPS) is 16.2. The Morgan fingerprint density at radius 2 is 1.05 bits per heavy atom. The fourth-order valence-corrected chi connectivity index (χ4v) is 3.85. The van der Waals surface area contributed by atoms with E-state index in [1.165, 1.54) is 22.2 Å². The number of hydrogen-bond acceptors (Lipinski definition) is 9. The Morgan fingerprint density at radius 1 is 0.615 bits per heavy atom. The molecule has 1 amide bonds. The Balaban J connectivity index is 0.00000760. The molecule has 0 fully saturated rings. The molecule has 0 spiro atoms. The summed E-state index contributed by atoms with van der Waals surface area (Å²) in [5.74, 6) is -4.93. The van der Waals surface area contributed by atoms with Crippen molar-refractivity contribution in [2.45, 2.75) is 0 Å². The van der Waals surface area contributed by atoms with Gasteiger partial charge in [0.2, 0.25) is 5.91 Å². The number of carbonyl (C=O) groups is 5. The molecule has 0 radical (unpaired) electrons. The van der Waals surface area contributed by atoms with Crippen molar-refractivity contribution in [3.8, 4) is 0 Å². The minimum Gasteiger partial charge on any atom is -0.480 e. The van der Waals surface area contributed by atoms with E-state index in [4.69, 9.17) is 0 Å². The summed E-state index contributed by atoms with van der Waals surface area (Å²) in [5.41, 5.74) is 0.413. The van der Waals surface area contributed by atoms with Crippen LogP contribution in [0.5, 0.6) is 0 Å². The summed E-state index contributed by atoms with van der Waals surface area (Å²) in [7, 11) is 0. The molecule has 1 aromatic carbocycles. The number of amides is 1. The Bertz CT molecular complexity index is 1010. The van der Waals surface area contributed by atoms with Crippen molar-refractivity contribution in [1.29, 1.82) is 0 Å². The monoisotopic (exact) mass is 693 g/mol. The number of aliphatic carboxylic acids is 4. The van der Waals surface area contributed by atoms with Gasteiger partial charge in [0.05, 0.1) is 13.1 Å². The van der Waals surface area contributed by atoms with E-state index in [0.29, 0.717) is 5.69 Å². The first-order valence-electron chi connectivity index (χ1n) is 11.9. The minimum atomic E-state index is -1.19. The Kier molecular flexibility index (Phi) is 15.5. The number of carboxylic acids is 4. The number of hydrogen-bond donors (Lipinski definition) is 4. The number of para-hydroxylation sites is 1. The quantitative estimate of drug-likeness (QED) is 0.223. The zero-order chi connectivity index (χ0) is 28.1. The van der Waals surface area contributed by atoms with Crippen LogP contribution in [0.2, 0.25) is 0 Å². The third-order valence-corrected chi connectivity index (χ3v) is 5.68. The van der Waals surface area contributed by atoms with Gasteiger partial charge in [-0.15, -0.1) is 0 Å². The summed E-state index contributed by atoms with van der Waals surface area (Å²) in [5, 5.41) is 37.2. The molecule has 0 unspecified atom stereocenters. The SMILES string of the molecule is O=C(O)CN1/C=C\N(CC(=O)O)CCN(CC(=O)N(CC(=O)O)c2ccccc2)CCN(CC(=O)O)CC1.[Gd]. The van der Waals surface area contributed by atoms with Crippen molar-refractivity contribution in [3.05, 3.63) is 42.7 Å². The predicted molar refractivity (Wildman–Crippen MR) is 135 cm³/mol. The molecule has 0 saturated carbocycles. The molecule has 216 valence electrons. The van der Waals surface area contributed by atoms with E-state index in [9.17, 15) is 44.4 Å². The van der Waals surface area contributed by atoms with Crippen LogP contribution in [-0.2, 0) is 24.0 Å². The molecule has 0 aliphatic carbocycles. The molecule has 2 rings (SSSR count). The molecule has 39 heavy (non-hydrogen) atoms. The molecule has 0 saturated heterocycles. The van der Waals surface area contributed by atoms with Gasteiger partial charge in [0, 0.05) is 97.3 Å². The number of carboxylic acid groups (broad SMARTS) is 4. The van der Waals surface area contributed by atoms with Crippen LogP contribution >= 0.6 is 0 Å². The molecule has 15 heteroatoms. The largest absolute Gasteiger partial charge is 0.480 e. The number of nitrogens with zero attached hydrogens (tertiary/aromatic N) is 5. The Hall–Kier alpha value is -2.85. The molecule has 4 N–H and O–H groups in total. The van der Waals surface area contributed by atoms with E-state index in [-0.39, 0.29) is 105 Å². The second-order valence-corrected chi connectivity index (χ2v) is 8.68. The Morgan fingerprint density at radius 3 is 1.49 bits per heavy atom. The molecule has 1 aliphatic heterocycles. The van der Waals surface area contributed by atoms with Crippen LogP contribution in [0.4, 0.5) is 5.69 Å². The Labute approximate surface area is 257 Å². The van der Waals surface area contributed by atoms with Gasteiger partial charge in [-0.05, 0) is 12.1 Å². The predicted octanol–water partition coefficient (Wildman–Crippen LogP) is -0.949. The van der Waals surface area contributed by atoms with E-state index in [2.05, 4.69) is 0 Å². The van der Waals surface area contributed by atoms with E-state index in [1.807, 2.05) is 0 Å². The first-order chi connectivity index (χ1) is 18.0. The van der Waals surface area contributed by atoms with Crippen molar-refractivity contribution in [3.63, 3.8) is 0 Å². The first-order valence-corrected chi connectivity index (χ1v) is 11.9. The third-order valence-electron chi connectivity index (χ3n) is 5.68. The maximum absolute atomic E-state index is 13.2. The van der Waals surface area contributed by atoms with Gasteiger partial charge in [-0.2, -0.15) is 0 Å². The van der Waals surface area contributed by atoms with Crippen LogP contribution < -0.4 is 4.90 Å². The second kappa shape index (κ2) is 17.7. The van der Waals surface area contributed by atoms with Crippen molar-refractivity contribution in [2.75, 3.05) is 76.9 Å². The van der Waals surface area contributed by atoms with E-state index in [0.717, 1.165) is 4.90 Å². The van der Waals surface area contributed by atoms with Crippen molar-refractivity contribution >= 4 is 35.5 Å². The summed E-state index contributed by atoms with van der Waals surface area (Å²) >= 11 is 0. The molecular formula is C24H33GdN5O9. The zero-order valence-corrected chi connectivity index (χ0v) is 23.5. The molecule has 1 aromatic rings. The summed E-state index contributed by atoms with van der Waals surface area (Å²) in [6, 6.07) is 8.34. The van der Waals surface area contributed by atoms with Crippen LogP contribution in [-0.4, -0.2) is 142 Å². The van der Waals surface area contributed by atoms with Gasteiger partial charge in [0.1, 0.15) is 19.6 Å². The maximum atomic E-state index is 13.2. The number of rotatable bonds is 11. The van der Waals surface area contributed by atoms with Gasteiger partial charge < -0.3 is 35.1 Å². The average Bonchev–Trinajstić information content (AvgIpc) is 2.83. The third kappa shape index (κ3) is 13.7. The van der Waals surface area contributed by atoms with Crippen molar-refractivity contribution < 1.29 is 84.3 Å². The first kappa shape index (κ1) is 34.2. The molecular weight excluding hydrogens is 660 g/mol. The van der Waals surface area contributed by atoms with E-state index >= 15 is 0 Å². The molecule has 0 aromatic heterocycles. The molecule has 1 aliphatic rings. The van der Waals surface area contributed by atoms with Gasteiger partial charge in [-0.1, -0.05) is 18.2 Å². The molecule has 1 heterocycles. The van der Waals surface area contributed by atoms with Gasteiger partial charge in [-0.3, -0.25) is 33.8 Å². The second-order valence-electron chi connectivity index (χ2n) is 8.68. The summed E-state index contributed by atoms with van der Waals surface area (Å²) in [4.78, 5) is 66.1.